The molecule has 0 saturated heterocycles. The largest absolute Gasteiger partial charge is 0.388 e. The summed E-state index contributed by atoms with van der Waals surface area (Å²) in [7, 11) is 4.36. The number of aryl methyl sites for hydroxylation is 1. The first kappa shape index (κ1) is 25.6. The molecule has 0 fully saturated rings. The second kappa shape index (κ2) is 13.0. The molecular weight excluding hydrogens is 431 g/mol. The highest BCUT2D eigenvalue weighted by molar-refractivity contribution is 8.14. The Labute approximate surface area is 191 Å². The summed E-state index contributed by atoms with van der Waals surface area (Å²) in [5, 5.41) is 28.4. The van der Waals surface area contributed by atoms with Crippen molar-refractivity contribution in [2.45, 2.75) is 45.9 Å². The van der Waals surface area contributed by atoms with E-state index in [0.29, 0.717) is 24.5 Å². The van der Waals surface area contributed by atoms with E-state index >= 15 is 0 Å². The minimum Gasteiger partial charge on any atom is -0.388 e. The Balaban J connectivity index is 2.29. The number of hydrogen-bond acceptors (Lipinski definition) is 8. The molecule has 0 aromatic carbocycles. The van der Waals surface area contributed by atoms with Gasteiger partial charge in [0.25, 0.3) is 0 Å². The third-order valence-electron chi connectivity index (χ3n) is 5.05. The number of aliphatic hydroxyl groups is 2. The van der Waals surface area contributed by atoms with Crippen LogP contribution in [0.3, 0.4) is 0 Å². The molecule has 0 aliphatic heterocycles. The van der Waals surface area contributed by atoms with Crippen LogP contribution in [0.2, 0.25) is 0 Å². The van der Waals surface area contributed by atoms with E-state index in [9.17, 15) is 10.2 Å². The Bertz CT molecular complexity index is 830. The van der Waals surface area contributed by atoms with Crippen LogP contribution in [0, 0.1) is 12.8 Å². The lowest BCUT2D eigenvalue weighted by molar-refractivity contribution is 0.00299. The zero-order valence-electron chi connectivity index (χ0n) is 18.7. The third kappa shape index (κ3) is 7.17. The van der Waals surface area contributed by atoms with Gasteiger partial charge in [0.15, 0.2) is 6.23 Å². The molecule has 0 aliphatic carbocycles. The molecule has 2 rings (SSSR count). The van der Waals surface area contributed by atoms with E-state index in [0.717, 1.165) is 40.6 Å². The fraction of sp³-hybridized carbons (Fsp3) is 0.571. The Morgan fingerprint density at radius 1 is 1.32 bits per heavy atom. The number of hydrogen-bond donors (Lipinski definition) is 5. The molecule has 172 valence electrons. The summed E-state index contributed by atoms with van der Waals surface area (Å²) >= 11 is 1.59. The van der Waals surface area contributed by atoms with E-state index in [4.69, 9.17) is 0 Å². The number of anilines is 2. The van der Waals surface area contributed by atoms with Crippen molar-refractivity contribution in [2.24, 2.45) is 10.9 Å². The van der Waals surface area contributed by atoms with Gasteiger partial charge in [0.2, 0.25) is 5.95 Å². The zero-order chi connectivity index (χ0) is 22.8. The van der Waals surface area contributed by atoms with Crippen molar-refractivity contribution in [1.29, 1.82) is 0 Å². The van der Waals surface area contributed by atoms with E-state index in [1.807, 2.05) is 32.2 Å². The number of aromatic amines is 1. The van der Waals surface area contributed by atoms with Gasteiger partial charge >= 0.3 is 0 Å². The number of aliphatic imine (C=N–C) groups is 1. The minimum atomic E-state index is -1.16. The highest BCUT2D eigenvalue weighted by Gasteiger charge is 2.26. The molecule has 2 unspecified atom stereocenters. The van der Waals surface area contributed by atoms with Crippen LogP contribution < -0.4 is 10.6 Å². The lowest BCUT2D eigenvalue weighted by atomic mass is 10.0. The average molecular weight is 467 g/mol. The van der Waals surface area contributed by atoms with Gasteiger partial charge < -0.3 is 25.8 Å². The molecule has 0 amide bonds. The highest BCUT2D eigenvalue weighted by atomic mass is 32.2. The normalized spacial score (nSPS) is 14.9. The van der Waals surface area contributed by atoms with E-state index in [-0.39, 0.29) is 5.92 Å². The molecule has 0 aliphatic rings. The maximum Gasteiger partial charge on any atom is 0.224 e. The lowest BCUT2D eigenvalue weighted by Crippen LogP contribution is -2.40. The third-order valence-corrected chi connectivity index (χ3v) is 6.60. The first-order chi connectivity index (χ1) is 14.9. The Hall–Kier alpha value is -1.67. The number of nitrogens with one attached hydrogen (secondary N) is 3. The van der Waals surface area contributed by atoms with E-state index in [2.05, 4.69) is 46.7 Å². The van der Waals surface area contributed by atoms with Crippen molar-refractivity contribution in [3.63, 3.8) is 0 Å². The van der Waals surface area contributed by atoms with Gasteiger partial charge in [0, 0.05) is 31.9 Å². The van der Waals surface area contributed by atoms with Crippen LogP contribution in [0.4, 0.5) is 11.8 Å². The standard InChI is InChI=1S/C21H35N6O2PS/c1-5-14(12-30)17(28)19(29)26-18-16(20(22-4)31-6-2)13(3)25-21(27-18)24-11-9-15-8-7-10-23-15/h7-8,10,14,17,19,23,28-29H,5-6,9,11-12,30H2,1-4H3,(H2,24,25,26,27)/t14?,17-,19-/m1/s1. The minimum absolute atomic E-state index is 0.0402. The van der Waals surface area contributed by atoms with Crippen LogP contribution in [0.25, 0.3) is 0 Å². The predicted molar refractivity (Wildman–Crippen MR) is 134 cm³/mol. The van der Waals surface area contributed by atoms with Crippen LogP contribution >= 0.6 is 21.0 Å². The fourth-order valence-electron chi connectivity index (χ4n) is 3.26. The maximum absolute atomic E-state index is 10.7. The lowest BCUT2D eigenvalue weighted by Gasteiger charge is -2.27. The first-order valence-corrected chi connectivity index (χ1v) is 12.4. The van der Waals surface area contributed by atoms with Gasteiger partial charge in [-0.2, -0.15) is 4.98 Å². The van der Waals surface area contributed by atoms with E-state index < -0.39 is 12.3 Å². The van der Waals surface area contributed by atoms with Crippen LogP contribution in [0.5, 0.6) is 0 Å². The molecule has 10 heteroatoms. The summed E-state index contributed by atoms with van der Waals surface area (Å²) in [6.45, 7) is 6.61. The van der Waals surface area contributed by atoms with Gasteiger partial charge in [0.05, 0.1) is 11.3 Å². The molecule has 0 radical (unpaired) electrons. The van der Waals surface area contributed by atoms with E-state index in [1.54, 1.807) is 18.8 Å². The summed E-state index contributed by atoms with van der Waals surface area (Å²) in [5.74, 6) is 1.73. The highest BCUT2D eigenvalue weighted by Crippen LogP contribution is 2.26. The zero-order valence-corrected chi connectivity index (χ0v) is 20.7. The number of aromatic nitrogens is 3. The average Bonchev–Trinajstić information content (AvgIpc) is 3.27. The number of thioether (sulfide) groups is 1. The van der Waals surface area contributed by atoms with Gasteiger partial charge in [-0.05, 0) is 36.9 Å². The maximum atomic E-state index is 10.7. The van der Waals surface area contributed by atoms with Crippen molar-refractivity contribution >= 4 is 37.8 Å². The van der Waals surface area contributed by atoms with Crippen LogP contribution in [0.1, 0.15) is 37.2 Å². The Morgan fingerprint density at radius 2 is 2.10 bits per heavy atom. The van der Waals surface area contributed by atoms with Gasteiger partial charge in [-0.3, -0.25) is 4.99 Å². The monoisotopic (exact) mass is 466 g/mol. The number of aliphatic hydroxyl groups excluding tert-OH is 2. The van der Waals surface area contributed by atoms with Crippen LogP contribution in [-0.2, 0) is 6.42 Å². The summed E-state index contributed by atoms with van der Waals surface area (Å²) in [4.78, 5) is 16.8. The van der Waals surface area contributed by atoms with Crippen LogP contribution in [0.15, 0.2) is 23.3 Å². The van der Waals surface area contributed by atoms with Crippen molar-refractivity contribution in [1.82, 2.24) is 15.0 Å². The molecule has 0 saturated carbocycles. The molecule has 8 nitrogen and oxygen atoms in total. The molecule has 4 atom stereocenters. The van der Waals surface area contributed by atoms with Crippen molar-refractivity contribution in [2.75, 3.05) is 36.1 Å². The molecular formula is C21H35N6O2PS. The Kier molecular flexibility index (Phi) is 10.7. The molecule has 5 N–H and O–H groups in total. The SMILES string of the molecule is CCSC(=NC)c1c(C)nc(NCCc2ccc[nH]2)nc1N[C@H](O)[C@H](O)C(CC)CP. The van der Waals surface area contributed by atoms with Crippen molar-refractivity contribution in [3.05, 3.63) is 35.3 Å². The second-order valence-corrected chi connectivity index (χ2v) is 8.90. The predicted octanol–water partition coefficient (Wildman–Crippen LogP) is 2.89. The summed E-state index contributed by atoms with van der Waals surface area (Å²) in [5.41, 5.74) is 2.62. The molecule has 0 spiro atoms. The molecule has 0 bridgehead atoms. The quantitative estimate of drug-likeness (QED) is 0.141. The smallest absolute Gasteiger partial charge is 0.224 e. The van der Waals surface area contributed by atoms with Crippen molar-refractivity contribution in [3.8, 4) is 0 Å². The fourth-order valence-corrected chi connectivity index (χ4v) is 4.66. The summed E-state index contributed by atoms with van der Waals surface area (Å²) < 4.78 is 0. The van der Waals surface area contributed by atoms with Gasteiger partial charge in [-0.15, -0.1) is 21.0 Å². The number of rotatable bonds is 12. The van der Waals surface area contributed by atoms with Gasteiger partial charge in [-0.25, -0.2) is 4.98 Å². The van der Waals surface area contributed by atoms with Crippen molar-refractivity contribution < 1.29 is 10.2 Å². The first-order valence-electron chi connectivity index (χ1n) is 10.6. The second-order valence-electron chi connectivity index (χ2n) is 7.17. The molecule has 31 heavy (non-hydrogen) atoms. The molecule has 2 aromatic rings. The molecule has 2 aromatic heterocycles. The van der Waals surface area contributed by atoms with Gasteiger partial charge in [-0.1, -0.05) is 20.3 Å². The van der Waals surface area contributed by atoms with Gasteiger partial charge in [0.1, 0.15) is 17.0 Å². The van der Waals surface area contributed by atoms with E-state index in [1.165, 1.54) is 0 Å². The Morgan fingerprint density at radius 3 is 2.68 bits per heavy atom. The summed E-state index contributed by atoms with van der Waals surface area (Å²) in [6, 6.07) is 4.00. The number of nitrogens with zero attached hydrogens (tertiary/aromatic N) is 3. The topological polar surface area (TPSA) is 118 Å². The molecule has 2 heterocycles. The van der Waals surface area contributed by atoms with Crippen LogP contribution in [-0.4, -0.2) is 68.0 Å². The summed E-state index contributed by atoms with van der Waals surface area (Å²) in [6.07, 6.45) is 2.09. The number of H-pyrrole nitrogens is 1.